The Morgan fingerprint density at radius 2 is 1.49 bits per heavy atom. The van der Waals surface area contributed by atoms with Gasteiger partial charge in [0, 0.05) is 53.0 Å². The number of rotatable bonds is 10. The van der Waals surface area contributed by atoms with E-state index >= 15 is 0 Å². The minimum Gasteiger partial charge on any atom is -0.473 e. The topological polar surface area (TPSA) is 73.8 Å². The van der Waals surface area contributed by atoms with Crippen molar-refractivity contribution in [2.24, 2.45) is 0 Å². The summed E-state index contributed by atoms with van der Waals surface area (Å²) in [6.45, 7) is 9.63. The van der Waals surface area contributed by atoms with E-state index in [-0.39, 0.29) is 0 Å². The van der Waals surface area contributed by atoms with Crippen molar-refractivity contribution in [3.8, 4) is 23.0 Å². The minimum atomic E-state index is -0.900. The summed E-state index contributed by atoms with van der Waals surface area (Å²) in [7, 11) is 0. The Morgan fingerprint density at radius 1 is 0.780 bits per heavy atom. The number of anilines is 1. The molecule has 0 bridgehead atoms. The van der Waals surface area contributed by atoms with Crippen LogP contribution in [0.3, 0.4) is 0 Å². The zero-order valence-corrected chi connectivity index (χ0v) is 33.4. The van der Waals surface area contributed by atoms with Crippen molar-refractivity contribution in [3.63, 3.8) is 0 Å². The van der Waals surface area contributed by atoms with E-state index in [0.29, 0.717) is 40.4 Å². The number of nitrogens with zero attached hydrogens (tertiary/aromatic N) is 3. The van der Waals surface area contributed by atoms with Gasteiger partial charge >= 0.3 is 5.97 Å². The lowest BCUT2D eigenvalue weighted by Gasteiger charge is -2.37. The maximum Gasteiger partial charge on any atom is 0.336 e. The van der Waals surface area contributed by atoms with Crippen molar-refractivity contribution in [2.45, 2.75) is 57.8 Å². The van der Waals surface area contributed by atoms with Gasteiger partial charge in [-0.2, -0.15) is 4.98 Å². The Kier molecular flexibility index (Phi) is 9.24. The van der Waals surface area contributed by atoms with Crippen molar-refractivity contribution in [3.05, 3.63) is 156 Å². The fourth-order valence-corrected chi connectivity index (χ4v) is 8.95. The molecule has 0 aliphatic carbocycles. The lowest BCUT2D eigenvalue weighted by molar-refractivity contribution is -0.159. The van der Waals surface area contributed by atoms with Gasteiger partial charge in [-0.15, -0.1) is 0 Å². The second-order valence-electron chi connectivity index (χ2n) is 15.8. The molecule has 7 heteroatoms. The number of fused-ring (bicyclic) bond motifs is 3. The predicted molar refractivity (Wildman–Crippen MR) is 238 cm³/mol. The van der Waals surface area contributed by atoms with Crippen LogP contribution in [0.25, 0.3) is 60.7 Å². The highest BCUT2D eigenvalue weighted by atomic mass is 16.7. The van der Waals surface area contributed by atoms with Gasteiger partial charge in [-0.25, -0.2) is 9.78 Å². The Morgan fingerprint density at radius 3 is 2.24 bits per heavy atom. The summed E-state index contributed by atoms with van der Waals surface area (Å²) in [6, 6.07) is 42.5. The van der Waals surface area contributed by atoms with Gasteiger partial charge in [0.15, 0.2) is 11.4 Å². The standard InChI is InChI=1S/C52H45N3O4/c1-4-12-45(58-51(56)33(2)3)57-50-48-42-29-30-52(37-15-7-5-8-16-37,38-21-23-39(24-22-38)55-31-9-6-10-32-55)59-44(42)28-27-43(48)53-49(54-50)41-26-20-36-18-17-34-13-11-14-35-19-25-40(41)47(36)46(34)35/h5,7-8,11,13-30,45H,2,4,6,9-10,12,31-32H2,1,3H3. The molecule has 292 valence electrons. The van der Waals surface area contributed by atoms with Crippen molar-refractivity contribution in [1.29, 1.82) is 0 Å². The molecule has 7 aromatic carbocycles. The number of piperidine rings is 1. The van der Waals surface area contributed by atoms with Crippen LogP contribution >= 0.6 is 0 Å². The van der Waals surface area contributed by atoms with Gasteiger partial charge < -0.3 is 19.1 Å². The first-order chi connectivity index (χ1) is 28.9. The molecule has 10 rings (SSSR count). The van der Waals surface area contributed by atoms with Crippen LogP contribution in [0, 0.1) is 0 Å². The largest absolute Gasteiger partial charge is 0.473 e. The predicted octanol–water partition coefficient (Wildman–Crippen LogP) is 12.2. The lowest BCUT2D eigenvalue weighted by Crippen LogP contribution is -2.34. The molecular weight excluding hydrogens is 731 g/mol. The minimum absolute atomic E-state index is 0.298. The molecule has 2 aliphatic rings. The lowest BCUT2D eigenvalue weighted by atomic mass is 9.83. The Hall–Kier alpha value is -6.73. The second kappa shape index (κ2) is 14.9. The fourth-order valence-electron chi connectivity index (χ4n) is 8.95. The fraction of sp³-hybridized carbons (Fsp3) is 0.212. The monoisotopic (exact) mass is 775 g/mol. The number of esters is 1. The number of carbonyl (C=O) groups excluding carboxylic acids is 1. The van der Waals surface area contributed by atoms with E-state index in [2.05, 4.69) is 115 Å². The van der Waals surface area contributed by atoms with E-state index in [0.717, 1.165) is 52.5 Å². The Labute approximate surface area is 343 Å². The summed E-state index contributed by atoms with van der Waals surface area (Å²) >= 11 is 0. The van der Waals surface area contributed by atoms with E-state index in [1.807, 2.05) is 37.3 Å². The summed E-state index contributed by atoms with van der Waals surface area (Å²) in [4.78, 5) is 25.8. The Bertz CT molecular complexity index is 2900. The Balaban J connectivity index is 1.14. The van der Waals surface area contributed by atoms with Crippen LogP contribution in [-0.4, -0.2) is 35.3 Å². The number of hydrogen-bond donors (Lipinski definition) is 0. The zero-order valence-electron chi connectivity index (χ0n) is 33.4. The third-order valence-electron chi connectivity index (χ3n) is 11.9. The van der Waals surface area contributed by atoms with Gasteiger partial charge in [0.2, 0.25) is 12.2 Å². The van der Waals surface area contributed by atoms with E-state index in [1.165, 1.54) is 46.5 Å². The first-order valence-electron chi connectivity index (χ1n) is 20.7. The summed E-state index contributed by atoms with van der Waals surface area (Å²) in [5.74, 6) is 0.976. The maximum atomic E-state index is 12.9. The van der Waals surface area contributed by atoms with Crippen molar-refractivity contribution < 1.29 is 19.0 Å². The molecule has 59 heavy (non-hydrogen) atoms. The second-order valence-corrected chi connectivity index (χ2v) is 15.8. The van der Waals surface area contributed by atoms with Crippen LogP contribution in [0.4, 0.5) is 5.69 Å². The molecule has 2 aliphatic heterocycles. The molecule has 1 aromatic heterocycles. The summed E-state index contributed by atoms with van der Waals surface area (Å²) in [5, 5.41) is 7.64. The molecule has 2 unspecified atom stereocenters. The molecule has 7 nitrogen and oxygen atoms in total. The first kappa shape index (κ1) is 36.6. The van der Waals surface area contributed by atoms with Crippen LogP contribution in [0.2, 0.25) is 0 Å². The van der Waals surface area contributed by atoms with E-state index < -0.39 is 17.9 Å². The zero-order chi connectivity index (χ0) is 40.1. The molecule has 0 radical (unpaired) electrons. The van der Waals surface area contributed by atoms with Gasteiger partial charge in [0.25, 0.3) is 0 Å². The van der Waals surface area contributed by atoms with Gasteiger partial charge in [0.05, 0.1) is 10.9 Å². The van der Waals surface area contributed by atoms with E-state index in [4.69, 9.17) is 24.2 Å². The molecule has 3 heterocycles. The number of carbonyl (C=O) groups is 1. The molecular formula is C52H45N3O4. The number of ether oxygens (including phenoxy) is 3. The van der Waals surface area contributed by atoms with Crippen LogP contribution in [0.5, 0.6) is 11.6 Å². The van der Waals surface area contributed by atoms with E-state index in [1.54, 1.807) is 6.92 Å². The van der Waals surface area contributed by atoms with Crippen LogP contribution < -0.4 is 14.4 Å². The average Bonchev–Trinajstić information content (AvgIpc) is 3.28. The molecule has 0 saturated carbocycles. The number of benzene rings is 7. The third kappa shape index (κ3) is 6.42. The average molecular weight is 776 g/mol. The quantitative estimate of drug-likeness (QED) is 0.0593. The molecule has 0 amide bonds. The summed E-state index contributed by atoms with van der Waals surface area (Å²) in [5.41, 5.74) is 5.03. The van der Waals surface area contributed by atoms with Gasteiger partial charge in [-0.1, -0.05) is 104 Å². The highest BCUT2D eigenvalue weighted by Gasteiger charge is 2.38. The summed E-state index contributed by atoms with van der Waals surface area (Å²) < 4.78 is 19.8. The van der Waals surface area contributed by atoms with Crippen molar-refractivity contribution in [2.75, 3.05) is 18.0 Å². The van der Waals surface area contributed by atoms with Crippen LogP contribution in [-0.2, 0) is 15.1 Å². The molecule has 8 aromatic rings. The molecule has 1 fully saturated rings. The smallest absolute Gasteiger partial charge is 0.336 e. The number of aromatic nitrogens is 2. The molecule has 0 spiro atoms. The summed E-state index contributed by atoms with van der Waals surface area (Å²) in [6.07, 6.45) is 8.24. The van der Waals surface area contributed by atoms with Crippen LogP contribution in [0.1, 0.15) is 62.6 Å². The van der Waals surface area contributed by atoms with Gasteiger partial charge in [-0.3, -0.25) is 0 Å². The third-order valence-corrected chi connectivity index (χ3v) is 11.9. The van der Waals surface area contributed by atoms with Crippen molar-refractivity contribution in [1.82, 2.24) is 9.97 Å². The van der Waals surface area contributed by atoms with E-state index in [9.17, 15) is 4.79 Å². The molecule has 1 saturated heterocycles. The van der Waals surface area contributed by atoms with Crippen LogP contribution in [0.15, 0.2) is 140 Å². The maximum absolute atomic E-state index is 12.9. The van der Waals surface area contributed by atoms with Gasteiger partial charge in [-0.05, 0) is 107 Å². The molecule has 0 N–H and O–H groups in total. The highest BCUT2D eigenvalue weighted by Crippen LogP contribution is 2.47. The normalized spacial score (nSPS) is 16.9. The molecule has 2 atom stereocenters. The van der Waals surface area contributed by atoms with Crippen molar-refractivity contribution >= 4 is 61.0 Å². The first-order valence-corrected chi connectivity index (χ1v) is 20.7. The highest BCUT2D eigenvalue weighted by molar-refractivity contribution is 6.25. The number of hydrogen-bond acceptors (Lipinski definition) is 7. The SMILES string of the molecule is C=C(C)C(=O)OC(CCC)Oc1nc(-c2ccc3ccc4cccc5ccc2c3c45)nc2ccc3c(c12)C=CC(c1ccccc1)(c1ccc(N2CCCCC2)cc1)O3. The van der Waals surface area contributed by atoms with Gasteiger partial charge in [0.1, 0.15) is 5.75 Å².